The van der Waals surface area contributed by atoms with E-state index in [-0.39, 0.29) is 16.7 Å². The van der Waals surface area contributed by atoms with Gasteiger partial charge in [-0.3, -0.25) is 5.84 Å². The normalized spacial score (nSPS) is 11.8. The van der Waals surface area contributed by atoms with Crippen molar-refractivity contribution in [3.8, 4) is 0 Å². The minimum absolute atomic E-state index is 0.136. The largest absolute Gasteiger partial charge is 0.446 e. The summed E-state index contributed by atoms with van der Waals surface area (Å²) in [6, 6.07) is 9.97. The molecule has 2 aromatic carbocycles. The van der Waals surface area contributed by atoms with Gasteiger partial charge < -0.3 is 5.43 Å². The first-order chi connectivity index (χ1) is 7.99. The van der Waals surface area contributed by atoms with Crippen LogP contribution in [0.4, 0.5) is 18.9 Å². The Morgan fingerprint density at radius 1 is 1.12 bits per heavy atom. The number of hydrogen-bond donors (Lipinski definition) is 2. The van der Waals surface area contributed by atoms with Gasteiger partial charge in [0.1, 0.15) is 0 Å². The molecule has 6 heteroatoms. The lowest BCUT2D eigenvalue weighted by atomic mass is 10.1. The van der Waals surface area contributed by atoms with E-state index >= 15 is 0 Å². The number of rotatable bonds is 2. The zero-order chi connectivity index (χ0) is 12.5. The summed E-state index contributed by atoms with van der Waals surface area (Å²) in [6.07, 6.45) is 0. The third-order valence-electron chi connectivity index (χ3n) is 2.22. The number of fused-ring (bicyclic) bond motifs is 1. The SMILES string of the molecule is NNc1cc(SC(F)(F)F)c2ccccc2c1. The van der Waals surface area contributed by atoms with Gasteiger partial charge >= 0.3 is 5.51 Å². The van der Waals surface area contributed by atoms with E-state index < -0.39 is 5.51 Å². The second kappa shape index (κ2) is 4.46. The quantitative estimate of drug-likeness (QED) is 0.489. The third kappa shape index (κ3) is 2.83. The van der Waals surface area contributed by atoms with Crippen LogP contribution in [0.2, 0.25) is 0 Å². The Morgan fingerprint density at radius 3 is 2.47 bits per heavy atom. The van der Waals surface area contributed by atoms with Crippen molar-refractivity contribution in [2.45, 2.75) is 10.4 Å². The summed E-state index contributed by atoms with van der Waals surface area (Å²) < 4.78 is 37.2. The summed E-state index contributed by atoms with van der Waals surface area (Å²) in [4.78, 5) is 0.142. The van der Waals surface area contributed by atoms with Gasteiger partial charge in [-0.25, -0.2) is 0 Å². The van der Waals surface area contributed by atoms with Crippen LogP contribution in [-0.4, -0.2) is 5.51 Å². The maximum atomic E-state index is 12.4. The van der Waals surface area contributed by atoms with Crippen LogP contribution in [0.1, 0.15) is 0 Å². The average Bonchev–Trinajstić information content (AvgIpc) is 2.26. The summed E-state index contributed by atoms with van der Waals surface area (Å²) in [6.45, 7) is 0. The highest BCUT2D eigenvalue weighted by atomic mass is 32.2. The Hall–Kier alpha value is -1.40. The summed E-state index contributed by atoms with van der Waals surface area (Å²) >= 11 is -0.136. The molecule has 2 nitrogen and oxygen atoms in total. The number of alkyl halides is 3. The summed E-state index contributed by atoms with van der Waals surface area (Å²) in [5.41, 5.74) is -1.49. The monoisotopic (exact) mass is 258 g/mol. The highest BCUT2D eigenvalue weighted by Gasteiger charge is 2.30. The van der Waals surface area contributed by atoms with Crippen molar-refractivity contribution >= 4 is 28.2 Å². The Balaban J connectivity index is 2.58. The summed E-state index contributed by atoms with van der Waals surface area (Å²) in [5, 5.41) is 1.28. The van der Waals surface area contributed by atoms with E-state index in [1.54, 1.807) is 30.3 Å². The molecule has 90 valence electrons. The maximum absolute atomic E-state index is 12.4. The van der Waals surface area contributed by atoms with Crippen molar-refractivity contribution in [3.63, 3.8) is 0 Å². The molecule has 0 heterocycles. The molecule has 0 aliphatic carbocycles. The second-order valence-corrected chi connectivity index (χ2v) is 4.49. The lowest BCUT2D eigenvalue weighted by molar-refractivity contribution is -0.0327. The van der Waals surface area contributed by atoms with Crippen molar-refractivity contribution < 1.29 is 13.2 Å². The van der Waals surface area contributed by atoms with Crippen LogP contribution in [0, 0.1) is 0 Å². The molecule has 17 heavy (non-hydrogen) atoms. The van der Waals surface area contributed by atoms with Crippen molar-refractivity contribution in [1.82, 2.24) is 0 Å². The molecule has 0 atom stereocenters. The number of hydrogen-bond acceptors (Lipinski definition) is 3. The number of hydrazine groups is 1. The van der Waals surface area contributed by atoms with Crippen LogP contribution in [-0.2, 0) is 0 Å². The van der Waals surface area contributed by atoms with Crippen LogP contribution < -0.4 is 11.3 Å². The average molecular weight is 258 g/mol. The van der Waals surface area contributed by atoms with E-state index in [2.05, 4.69) is 5.43 Å². The molecular formula is C11H9F3N2S. The van der Waals surface area contributed by atoms with E-state index in [0.717, 1.165) is 5.39 Å². The van der Waals surface area contributed by atoms with Gasteiger partial charge in [0.15, 0.2) is 0 Å². The highest BCUT2D eigenvalue weighted by Crippen LogP contribution is 2.41. The molecule has 0 saturated heterocycles. The minimum atomic E-state index is -4.31. The van der Waals surface area contributed by atoms with Gasteiger partial charge in [0.25, 0.3) is 0 Å². The molecule has 0 radical (unpaired) electrons. The Morgan fingerprint density at radius 2 is 1.82 bits per heavy atom. The predicted octanol–water partition coefficient (Wildman–Crippen LogP) is 3.74. The molecule has 0 amide bonds. The molecule has 0 aromatic heterocycles. The molecule has 2 rings (SSSR count). The van der Waals surface area contributed by atoms with Gasteiger partial charge in [-0.15, -0.1) is 0 Å². The van der Waals surface area contributed by atoms with Crippen molar-refractivity contribution in [3.05, 3.63) is 36.4 Å². The summed E-state index contributed by atoms with van der Waals surface area (Å²) in [5.74, 6) is 5.23. The van der Waals surface area contributed by atoms with Crippen LogP contribution in [0.3, 0.4) is 0 Å². The minimum Gasteiger partial charge on any atom is -0.324 e. The van der Waals surface area contributed by atoms with Crippen LogP contribution in [0.25, 0.3) is 10.8 Å². The molecule has 0 fully saturated rings. The Labute approximate surface area is 100.0 Å². The first kappa shape index (κ1) is 12.1. The predicted molar refractivity (Wildman–Crippen MR) is 63.7 cm³/mol. The van der Waals surface area contributed by atoms with Gasteiger partial charge in [-0.1, -0.05) is 24.3 Å². The van der Waals surface area contributed by atoms with E-state index in [4.69, 9.17) is 5.84 Å². The lowest BCUT2D eigenvalue weighted by Crippen LogP contribution is -2.07. The van der Waals surface area contributed by atoms with E-state index in [0.29, 0.717) is 11.1 Å². The number of nitrogens with two attached hydrogens (primary N) is 1. The zero-order valence-electron chi connectivity index (χ0n) is 8.58. The number of thioether (sulfide) groups is 1. The standard InChI is InChI=1S/C11H9F3N2S/c12-11(13,14)17-10-6-8(16-15)5-7-3-1-2-4-9(7)10/h1-6,16H,15H2. The second-order valence-electron chi connectivity index (χ2n) is 3.39. The van der Waals surface area contributed by atoms with E-state index in [9.17, 15) is 13.2 Å². The summed E-state index contributed by atoms with van der Waals surface area (Å²) in [7, 11) is 0. The number of nitrogens with one attached hydrogen (secondary N) is 1. The van der Waals surface area contributed by atoms with Gasteiger partial charge in [0, 0.05) is 4.90 Å². The Kier molecular flexibility index (Phi) is 3.17. The molecule has 0 saturated carbocycles. The maximum Gasteiger partial charge on any atom is 0.446 e. The van der Waals surface area contributed by atoms with Crippen LogP contribution >= 0.6 is 11.8 Å². The number of halogens is 3. The van der Waals surface area contributed by atoms with Gasteiger partial charge in [-0.05, 0) is 34.7 Å². The first-order valence-electron chi connectivity index (χ1n) is 4.75. The van der Waals surface area contributed by atoms with Crippen molar-refractivity contribution in [2.24, 2.45) is 5.84 Å². The fourth-order valence-electron chi connectivity index (χ4n) is 1.57. The fourth-order valence-corrected chi connectivity index (χ4v) is 2.30. The molecule has 2 aromatic rings. The smallest absolute Gasteiger partial charge is 0.324 e. The number of anilines is 1. The lowest BCUT2D eigenvalue weighted by Gasteiger charge is -2.11. The van der Waals surface area contributed by atoms with Gasteiger partial charge in [-0.2, -0.15) is 13.2 Å². The first-order valence-corrected chi connectivity index (χ1v) is 5.56. The van der Waals surface area contributed by atoms with Gasteiger partial charge in [0.05, 0.1) is 5.69 Å². The number of benzene rings is 2. The number of nitrogen functional groups attached to an aromatic ring is 1. The van der Waals surface area contributed by atoms with E-state index in [1.807, 2.05) is 0 Å². The molecular weight excluding hydrogens is 249 g/mol. The third-order valence-corrected chi connectivity index (χ3v) is 3.01. The molecule has 3 N–H and O–H groups in total. The van der Waals surface area contributed by atoms with Crippen LogP contribution in [0.5, 0.6) is 0 Å². The van der Waals surface area contributed by atoms with E-state index in [1.165, 1.54) is 6.07 Å². The van der Waals surface area contributed by atoms with Crippen LogP contribution in [0.15, 0.2) is 41.3 Å². The molecule has 0 spiro atoms. The molecule has 0 unspecified atom stereocenters. The molecule has 0 aliphatic rings. The molecule has 0 bridgehead atoms. The van der Waals surface area contributed by atoms with Crippen molar-refractivity contribution in [2.75, 3.05) is 5.43 Å². The Bertz CT molecular complexity index is 540. The topological polar surface area (TPSA) is 38.0 Å². The van der Waals surface area contributed by atoms with Gasteiger partial charge in [0.2, 0.25) is 0 Å². The highest BCUT2D eigenvalue weighted by molar-refractivity contribution is 8.00. The van der Waals surface area contributed by atoms with Crippen molar-refractivity contribution in [1.29, 1.82) is 0 Å². The zero-order valence-corrected chi connectivity index (χ0v) is 9.40. The molecule has 0 aliphatic heterocycles. The fraction of sp³-hybridized carbons (Fsp3) is 0.0909.